The molecule has 1 amide bonds. The fourth-order valence-electron chi connectivity index (χ4n) is 3.35. The number of amides is 1. The highest BCUT2D eigenvalue weighted by molar-refractivity contribution is 7.89. The summed E-state index contributed by atoms with van der Waals surface area (Å²) in [5, 5.41) is 2.90. The summed E-state index contributed by atoms with van der Waals surface area (Å²) in [6.45, 7) is 2.32. The van der Waals surface area contributed by atoms with E-state index in [4.69, 9.17) is 0 Å². The molecule has 5 nitrogen and oxygen atoms in total. The van der Waals surface area contributed by atoms with Crippen LogP contribution < -0.4 is 10.0 Å². The third-order valence-electron chi connectivity index (χ3n) is 4.59. The third kappa shape index (κ3) is 3.48. The zero-order valence-electron chi connectivity index (χ0n) is 13.2. The predicted molar refractivity (Wildman–Crippen MR) is 89.4 cm³/mol. The van der Waals surface area contributed by atoms with Crippen LogP contribution in [0, 0.1) is 17.8 Å². The van der Waals surface area contributed by atoms with Gasteiger partial charge in [0.25, 0.3) is 0 Å². The Hall–Kier alpha value is -1.66. The van der Waals surface area contributed by atoms with Crippen molar-refractivity contribution in [1.82, 2.24) is 4.72 Å². The largest absolute Gasteiger partial charge is 0.326 e. The van der Waals surface area contributed by atoms with E-state index < -0.39 is 10.0 Å². The van der Waals surface area contributed by atoms with Crippen LogP contribution in [0.2, 0.25) is 0 Å². The average Bonchev–Trinajstić information content (AvgIpc) is 3.16. The van der Waals surface area contributed by atoms with Gasteiger partial charge in [-0.2, -0.15) is 0 Å². The molecule has 2 aliphatic rings. The standard InChI is InChI=1S/C17H22N2O3S/c1-2-9-18-23(21,22)15-7-5-14(6-8-15)19-17(20)16-11-12-3-4-13(16)10-12/h3-8,12-13,16,18H,2,9-11H2,1H3,(H,19,20)/t12-,13-,16+/m1/s1. The Balaban J connectivity index is 1.64. The Labute approximate surface area is 137 Å². The van der Waals surface area contributed by atoms with E-state index in [-0.39, 0.29) is 16.7 Å². The van der Waals surface area contributed by atoms with E-state index in [1.165, 1.54) is 12.1 Å². The molecule has 0 saturated heterocycles. The highest BCUT2D eigenvalue weighted by Crippen LogP contribution is 2.43. The summed E-state index contributed by atoms with van der Waals surface area (Å²) >= 11 is 0. The first-order valence-electron chi connectivity index (χ1n) is 8.08. The second kappa shape index (κ2) is 6.45. The first-order chi connectivity index (χ1) is 11.0. The lowest BCUT2D eigenvalue weighted by molar-refractivity contribution is -0.120. The van der Waals surface area contributed by atoms with Crippen molar-refractivity contribution in [2.75, 3.05) is 11.9 Å². The molecule has 2 bridgehead atoms. The quantitative estimate of drug-likeness (QED) is 0.785. The summed E-state index contributed by atoms with van der Waals surface area (Å²) in [5.74, 6) is 0.979. The Bertz CT molecular complexity index is 710. The molecule has 1 aromatic carbocycles. The minimum Gasteiger partial charge on any atom is -0.326 e. The van der Waals surface area contributed by atoms with Crippen LogP contribution in [0.3, 0.4) is 0 Å². The molecule has 1 aromatic rings. The molecule has 0 aliphatic heterocycles. The number of fused-ring (bicyclic) bond motifs is 2. The molecular formula is C17H22N2O3S. The number of allylic oxidation sites excluding steroid dienone is 2. The molecule has 6 heteroatoms. The summed E-state index contributed by atoms with van der Waals surface area (Å²) in [4.78, 5) is 12.6. The maximum atomic E-state index is 12.4. The molecule has 1 saturated carbocycles. The van der Waals surface area contributed by atoms with Gasteiger partial charge in [0.1, 0.15) is 0 Å². The maximum absolute atomic E-state index is 12.4. The molecule has 23 heavy (non-hydrogen) atoms. The van der Waals surface area contributed by atoms with Crippen molar-refractivity contribution >= 4 is 21.6 Å². The highest BCUT2D eigenvalue weighted by Gasteiger charge is 2.39. The number of nitrogens with one attached hydrogen (secondary N) is 2. The van der Waals surface area contributed by atoms with Gasteiger partial charge < -0.3 is 5.32 Å². The molecule has 0 unspecified atom stereocenters. The molecule has 2 aliphatic carbocycles. The molecule has 0 heterocycles. The SMILES string of the molecule is CCCNS(=O)(=O)c1ccc(NC(=O)[C@H]2C[C@@H]3C=C[C@@H]2C3)cc1. The third-order valence-corrected chi connectivity index (χ3v) is 6.07. The normalized spacial score (nSPS) is 25.7. The zero-order chi connectivity index (χ0) is 16.4. The Morgan fingerprint density at radius 1 is 1.17 bits per heavy atom. The summed E-state index contributed by atoms with van der Waals surface area (Å²) in [6.07, 6.45) is 7.09. The van der Waals surface area contributed by atoms with Gasteiger partial charge in [-0.15, -0.1) is 0 Å². The molecule has 2 N–H and O–H groups in total. The number of carbonyl (C=O) groups excluding carboxylic acids is 1. The molecule has 0 spiro atoms. The van der Waals surface area contributed by atoms with Crippen molar-refractivity contribution in [2.24, 2.45) is 17.8 Å². The molecular weight excluding hydrogens is 312 g/mol. The lowest BCUT2D eigenvalue weighted by atomic mass is 9.93. The van der Waals surface area contributed by atoms with Gasteiger partial charge in [0.05, 0.1) is 4.90 Å². The number of carbonyl (C=O) groups is 1. The molecule has 124 valence electrons. The molecule has 0 aromatic heterocycles. The van der Waals surface area contributed by atoms with Crippen molar-refractivity contribution in [2.45, 2.75) is 31.1 Å². The number of anilines is 1. The van der Waals surface area contributed by atoms with Crippen molar-refractivity contribution in [3.05, 3.63) is 36.4 Å². The van der Waals surface area contributed by atoms with Crippen molar-refractivity contribution in [3.8, 4) is 0 Å². The van der Waals surface area contributed by atoms with Gasteiger partial charge in [-0.05, 0) is 55.4 Å². The zero-order valence-corrected chi connectivity index (χ0v) is 14.0. The van der Waals surface area contributed by atoms with Crippen LogP contribution in [-0.2, 0) is 14.8 Å². The number of hydrogen-bond acceptors (Lipinski definition) is 3. The Morgan fingerprint density at radius 3 is 2.48 bits per heavy atom. The summed E-state index contributed by atoms with van der Waals surface area (Å²) in [7, 11) is -3.46. The fraction of sp³-hybridized carbons (Fsp3) is 0.471. The summed E-state index contributed by atoms with van der Waals surface area (Å²) in [6, 6.07) is 6.32. The summed E-state index contributed by atoms with van der Waals surface area (Å²) < 4.78 is 26.6. The van der Waals surface area contributed by atoms with E-state index in [2.05, 4.69) is 22.2 Å². The Kier molecular flexibility index (Phi) is 4.55. The van der Waals surface area contributed by atoms with Crippen LogP contribution >= 0.6 is 0 Å². The molecule has 3 rings (SSSR count). The van der Waals surface area contributed by atoms with Crippen LogP contribution in [0.4, 0.5) is 5.69 Å². The van der Waals surface area contributed by atoms with Gasteiger partial charge in [-0.25, -0.2) is 13.1 Å². The van der Waals surface area contributed by atoms with Gasteiger partial charge in [0, 0.05) is 18.2 Å². The van der Waals surface area contributed by atoms with Crippen molar-refractivity contribution in [1.29, 1.82) is 0 Å². The molecule has 3 atom stereocenters. The van der Waals surface area contributed by atoms with Crippen LogP contribution in [0.1, 0.15) is 26.2 Å². The Morgan fingerprint density at radius 2 is 1.91 bits per heavy atom. The first kappa shape index (κ1) is 16.2. The topological polar surface area (TPSA) is 75.3 Å². The van der Waals surface area contributed by atoms with Gasteiger partial charge in [0.15, 0.2) is 0 Å². The smallest absolute Gasteiger partial charge is 0.240 e. The number of sulfonamides is 1. The summed E-state index contributed by atoms with van der Waals surface area (Å²) in [5.41, 5.74) is 0.635. The molecule has 1 fully saturated rings. The lowest BCUT2D eigenvalue weighted by Crippen LogP contribution is -2.26. The van der Waals surface area contributed by atoms with E-state index in [1.54, 1.807) is 12.1 Å². The minimum absolute atomic E-state index is 0.0292. The van der Waals surface area contributed by atoms with Crippen molar-refractivity contribution < 1.29 is 13.2 Å². The minimum atomic E-state index is -3.46. The first-order valence-corrected chi connectivity index (χ1v) is 9.57. The fourth-order valence-corrected chi connectivity index (χ4v) is 4.49. The van der Waals surface area contributed by atoms with Crippen LogP contribution in [0.5, 0.6) is 0 Å². The van der Waals surface area contributed by atoms with Crippen LogP contribution in [0.15, 0.2) is 41.3 Å². The van der Waals surface area contributed by atoms with E-state index in [9.17, 15) is 13.2 Å². The number of hydrogen-bond donors (Lipinski definition) is 2. The van der Waals surface area contributed by atoms with Gasteiger partial charge in [-0.1, -0.05) is 19.1 Å². The van der Waals surface area contributed by atoms with E-state index >= 15 is 0 Å². The monoisotopic (exact) mass is 334 g/mol. The maximum Gasteiger partial charge on any atom is 0.240 e. The van der Waals surface area contributed by atoms with E-state index in [0.29, 0.717) is 24.1 Å². The molecule has 0 radical (unpaired) electrons. The average molecular weight is 334 g/mol. The second-order valence-corrected chi connectivity index (χ2v) is 8.07. The van der Waals surface area contributed by atoms with E-state index in [0.717, 1.165) is 19.3 Å². The van der Waals surface area contributed by atoms with Crippen LogP contribution in [-0.4, -0.2) is 20.9 Å². The van der Waals surface area contributed by atoms with Gasteiger partial charge in [-0.3, -0.25) is 4.79 Å². The lowest BCUT2D eigenvalue weighted by Gasteiger charge is -2.17. The highest BCUT2D eigenvalue weighted by atomic mass is 32.2. The number of rotatable bonds is 6. The van der Waals surface area contributed by atoms with Gasteiger partial charge in [0.2, 0.25) is 15.9 Å². The van der Waals surface area contributed by atoms with Gasteiger partial charge >= 0.3 is 0 Å². The van der Waals surface area contributed by atoms with Crippen LogP contribution in [0.25, 0.3) is 0 Å². The number of benzene rings is 1. The second-order valence-electron chi connectivity index (χ2n) is 6.30. The van der Waals surface area contributed by atoms with Crippen molar-refractivity contribution in [3.63, 3.8) is 0 Å². The predicted octanol–water partition coefficient (Wildman–Crippen LogP) is 2.53. The van der Waals surface area contributed by atoms with E-state index in [1.807, 2.05) is 6.92 Å².